The summed E-state index contributed by atoms with van der Waals surface area (Å²) in [5.74, 6) is 1.51. The lowest BCUT2D eigenvalue weighted by Gasteiger charge is -2.07. The molecule has 0 saturated heterocycles. The van der Waals surface area contributed by atoms with Gasteiger partial charge >= 0.3 is 0 Å². The second-order valence-electron chi connectivity index (χ2n) is 7.35. The Labute approximate surface area is 202 Å². The summed E-state index contributed by atoms with van der Waals surface area (Å²) >= 11 is 1.33. The number of carbonyl (C=O) groups excluding carboxylic acids is 1. The van der Waals surface area contributed by atoms with Gasteiger partial charge in [0.05, 0.1) is 19.1 Å². The maximum atomic E-state index is 12.3. The molecule has 4 aromatic rings. The highest BCUT2D eigenvalue weighted by Gasteiger charge is 2.14. The van der Waals surface area contributed by atoms with Crippen LogP contribution in [0, 0.1) is 0 Å². The Morgan fingerprint density at radius 2 is 1.65 bits per heavy atom. The van der Waals surface area contributed by atoms with Gasteiger partial charge in [-0.15, -0.1) is 10.2 Å². The summed E-state index contributed by atoms with van der Waals surface area (Å²) in [5.41, 5.74) is 6.71. The molecule has 1 heterocycles. The van der Waals surface area contributed by atoms with Crippen molar-refractivity contribution in [1.29, 1.82) is 0 Å². The molecule has 0 aliphatic carbocycles. The topological polar surface area (TPSA) is 81.4 Å². The number of hydrogen-bond donors (Lipinski definition) is 1. The van der Waals surface area contributed by atoms with Gasteiger partial charge in [-0.2, -0.15) is 5.10 Å². The Morgan fingerprint density at radius 3 is 2.32 bits per heavy atom. The molecule has 0 atom stereocenters. The Hall–Kier alpha value is -3.91. The van der Waals surface area contributed by atoms with Crippen molar-refractivity contribution in [2.45, 2.75) is 18.6 Å². The van der Waals surface area contributed by atoms with Gasteiger partial charge in [-0.3, -0.25) is 4.79 Å². The largest absolute Gasteiger partial charge is 0.497 e. The second-order valence-corrected chi connectivity index (χ2v) is 8.29. The van der Waals surface area contributed by atoms with Crippen molar-refractivity contribution in [3.63, 3.8) is 0 Å². The molecule has 0 spiro atoms. The van der Waals surface area contributed by atoms with Crippen LogP contribution >= 0.6 is 11.8 Å². The van der Waals surface area contributed by atoms with Crippen LogP contribution in [0.4, 0.5) is 0 Å². The van der Waals surface area contributed by atoms with Crippen molar-refractivity contribution in [3.8, 4) is 28.3 Å². The molecule has 0 unspecified atom stereocenters. The van der Waals surface area contributed by atoms with Crippen LogP contribution in [-0.2, 0) is 11.3 Å². The third-order valence-electron chi connectivity index (χ3n) is 5.13. The first-order valence-corrected chi connectivity index (χ1v) is 11.8. The summed E-state index contributed by atoms with van der Waals surface area (Å²) in [7, 11) is 1.63. The number of benzene rings is 3. The molecule has 0 saturated carbocycles. The number of thioether (sulfide) groups is 1. The zero-order chi connectivity index (χ0) is 23.8. The van der Waals surface area contributed by atoms with Crippen molar-refractivity contribution in [2.75, 3.05) is 12.9 Å². The van der Waals surface area contributed by atoms with Crippen LogP contribution in [0.5, 0.6) is 5.75 Å². The summed E-state index contributed by atoms with van der Waals surface area (Å²) in [6.07, 6.45) is 1.63. The smallest absolute Gasteiger partial charge is 0.250 e. The molecule has 4 rings (SSSR count). The van der Waals surface area contributed by atoms with Crippen LogP contribution in [0.15, 0.2) is 89.1 Å². The lowest BCUT2D eigenvalue weighted by molar-refractivity contribution is -0.118. The average molecular weight is 472 g/mol. The standard InChI is InChI=1S/C26H25N5O2S/c1-3-31-25(22-13-15-23(33-2)16-14-22)29-30-26(31)34-18-24(32)28-27-17-19-9-11-21(12-10-19)20-7-5-4-6-8-20/h4-17H,3,18H2,1-2H3,(H,28,32)/b27-17-. The molecule has 0 fully saturated rings. The SMILES string of the molecule is CCn1c(SCC(=O)N/N=C\c2ccc(-c3ccccc3)cc2)nnc1-c1ccc(OC)cc1. The lowest BCUT2D eigenvalue weighted by atomic mass is 10.0. The lowest BCUT2D eigenvalue weighted by Crippen LogP contribution is -2.20. The Bertz CT molecular complexity index is 1250. The minimum Gasteiger partial charge on any atom is -0.497 e. The van der Waals surface area contributed by atoms with Crippen molar-refractivity contribution in [1.82, 2.24) is 20.2 Å². The van der Waals surface area contributed by atoms with E-state index in [1.165, 1.54) is 11.8 Å². The molecular formula is C26H25N5O2S. The van der Waals surface area contributed by atoms with Crippen molar-refractivity contribution >= 4 is 23.9 Å². The molecule has 8 heteroatoms. The number of carbonyl (C=O) groups is 1. The Balaban J connectivity index is 1.31. The van der Waals surface area contributed by atoms with Gasteiger partial charge in [0, 0.05) is 12.1 Å². The summed E-state index contributed by atoms with van der Waals surface area (Å²) in [6, 6.07) is 25.8. The highest BCUT2D eigenvalue weighted by atomic mass is 32.2. The molecule has 172 valence electrons. The molecule has 0 bridgehead atoms. The third-order valence-corrected chi connectivity index (χ3v) is 6.10. The summed E-state index contributed by atoms with van der Waals surface area (Å²) < 4.78 is 7.20. The van der Waals surface area contributed by atoms with E-state index in [4.69, 9.17) is 4.74 Å². The van der Waals surface area contributed by atoms with Gasteiger partial charge in [-0.05, 0) is 47.9 Å². The van der Waals surface area contributed by atoms with Crippen LogP contribution in [0.25, 0.3) is 22.5 Å². The van der Waals surface area contributed by atoms with Crippen molar-refractivity contribution in [3.05, 3.63) is 84.4 Å². The van der Waals surface area contributed by atoms with E-state index in [-0.39, 0.29) is 11.7 Å². The fourth-order valence-electron chi connectivity index (χ4n) is 3.37. The van der Waals surface area contributed by atoms with Crippen molar-refractivity contribution < 1.29 is 9.53 Å². The molecule has 0 aliphatic heterocycles. The Kier molecular flexibility index (Phi) is 7.72. The highest BCUT2D eigenvalue weighted by Crippen LogP contribution is 2.25. The van der Waals surface area contributed by atoms with E-state index in [2.05, 4.69) is 32.9 Å². The van der Waals surface area contributed by atoms with Crippen LogP contribution in [0.1, 0.15) is 12.5 Å². The van der Waals surface area contributed by atoms with Crippen LogP contribution in [0.2, 0.25) is 0 Å². The number of hydrogen-bond acceptors (Lipinski definition) is 6. The van der Waals surface area contributed by atoms with Crippen LogP contribution in [-0.4, -0.2) is 39.7 Å². The molecule has 1 amide bonds. The maximum absolute atomic E-state index is 12.3. The number of nitrogens with one attached hydrogen (secondary N) is 1. The van der Waals surface area contributed by atoms with Gasteiger partial charge in [0.25, 0.3) is 5.91 Å². The second kappa shape index (κ2) is 11.3. The monoisotopic (exact) mass is 471 g/mol. The van der Waals surface area contributed by atoms with Crippen LogP contribution in [0.3, 0.4) is 0 Å². The van der Waals surface area contributed by atoms with E-state index < -0.39 is 0 Å². The minimum absolute atomic E-state index is 0.186. The first-order valence-electron chi connectivity index (χ1n) is 10.9. The number of hydrazone groups is 1. The molecular weight excluding hydrogens is 446 g/mol. The minimum atomic E-state index is -0.209. The molecule has 34 heavy (non-hydrogen) atoms. The maximum Gasteiger partial charge on any atom is 0.250 e. The summed E-state index contributed by atoms with van der Waals surface area (Å²) in [6.45, 7) is 2.71. The van der Waals surface area contributed by atoms with E-state index in [0.29, 0.717) is 11.7 Å². The van der Waals surface area contributed by atoms with E-state index in [0.717, 1.165) is 33.8 Å². The number of aromatic nitrogens is 3. The number of amides is 1. The number of methoxy groups -OCH3 is 1. The Morgan fingerprint density at radius 1 is 0.971 bits per heavy atom. The predicted octanol–water partition coefficient (Wildman–Crippen LogP) is 4.88. The predicted molar refractivity (Wildman–Crippen MR) is 136 cm³/mol. The van der Waals surface area contributed by atoms with Crippen LogP contribution < -0.4 is 10.2 Å². The zero-order valence-corrected chi connectivity index (χ0v) is 19.8. The first kappa shape index (κ1) is 23.3. The van der Waals surface area contributed by atoms with Gasteiger partial charge in [0.2, 0.25) is 0 Å². The van der Waals surface area contributed by atoms with Gasteiger partial charge < -0.3 is 9.30 Å². The first-order chi connectivity index (χ1) is 16.7. The average Bonchev–Trinajstić information content (AvgIpc) is 3.31. The van der Waals surface area contributed by atoms with Gasteiger partial charge in [-0.1, -0.05) is 66.4 Å². The third kappa shape index (κ3) is 5.71. The zero-order valence-electron chi connectivity index (χ0n) is 19.0. The molecule has 1 N–H and O–H groups in total. The highest BCUT2D eigenvalue weighted by molar-refractivity contribution is 7.99. The molecule has 7 nitrogen and oxygen atoms in total. The quantitative estimate of drug-likeness (QED) is 0.214. The van der Waals surface area contributed by atoms with Gasteiger partial charge in [0.1, 0.15) is 5.75 Å². The van der Waals surface area contributed by atoms with Gasteiger partial charge in [0.15, 0.2) is 11.0 Å². The van der Waals surface area contributed by atoms with Crippen molar-refractivity contribution in [2.24, 2.45) is 5.10 Å². The van der Waals surface area contributed by atoms with E-state index in [1.54, 1.807) is 13.3 Å². The number of ether oxygens (including phenoxy) is 1. The van der Waals surface area contributed by atoms with E-state index in [9.17, 15) is 4.79 Å². The number of rotatable bonds is 9. The molecule has 3 aromatic carbocycles. The summed E-state index contributed by atoms with van der Waals surface area (Å²) in [4.78, 5) is 12.3. The van der Waals surface area contributed by atoms with E-state index >= 15 is 0 Å². The summed E-state index contributed by atoms with van der Waals surface area (Å²) in [5, 5.41) is 13.3. The number of nitrogens with zero attached hydrogens (tertiary/aromatic N) is 4. The fraction of sp³-hybridized carbons (Fsp3) is 0.154. The van der Waals surface area contributed by atoms with Gasteiger partial charge in [-0.25, -0.2) is 5.43 Å². The molecule has 0 aliphatic rings. The van der Waals surface area contributed by atoms with E-state index in [1.807, 2.05) is 78.2 Å². The fourth-order valence-corrected chi connectivity index (χ4v) is 4.16. The molecule has 1 aromatic heterocycles. The molecule has 0 radical (unpaired) electrons. The normalized spacial score (nSPS) is 11.0.